The van der Waals surface area contributed by atoms with Gasteiger partial charge in [0.15, 0.2) is 0 Å². The third-order valence-electron chi connectivity index (χ3n) is 1.90. The lowest BCUT2D eigenvalue weighted by Crippen LogP contribution is -1.96. The van der Waals surface area contributed by atoms with E-state index in [0.29, 0.717) is 17.0 Å². The van der Waals surface area contributed by atoms with Crippen LogP contribution in [0.25, 0.3) is 0 Å². The molecule has 17 heavy (non-hydrogen) atoms. The predicted molar refractivity (Wildman–Crippen MR) is 65.4 cm³/mol. The van der Waals surface area contributed by atoms with Crippen molar-refractivity contribution in [1.29, 1.82) is 5.26 Å². The van der Waals surface area contributed by atoms with Crippen molar-refractivity contribution in [2.45, 2.75) is 0 Å². The zero-order valence-corrected chi connectivity index (χ0v) is 10.2. The van der Waals surface area contributed by atoms with Gasteiger partial charge in [-0.05, 0) is 28.1 Å². The van der Waals surface area contributed by atoms with Crippen LogP contribution in [0.5, 0.6) is 11.6 Å². The van der Waals surface area contributed by atoms with Crippen LogP contribution in [0.1, 0.15) is 5.56 Å². The fraction of sp³-hybridized carbons (Fsp3) is 0. The van der Waals surface area contributed by atoms with Gasteiger partial charge in [-0.1, -0.05) is 0 Å². The number of aromatic nitrogens is 2. The van der Waals surface area contributed by atoms with Gasteiger partial charge in [0.1, 0.15) is 11.8 Å². The third-order valence-corrected chi connectivity index (χ3v) is 2.34. The monoisotopic (exact) mass is 290 g/mol. The fourth-order valence-corrected chi connectivity index (χ4v) is 1.52. The molecular weight excluding hydrogens is 284 g/mol. The van der Waals surface area contributed by atoms with E-state index in [-0.39, 0.29) is 5.88 Å². The first-order valence-electron chi connectivity index (χ1n) is 4.63. The number of halogens is 1. The topological polar surface area (TPSA) is 84.8 Å². The van der Waals surface area contributed by atoms with Gasteiger partial charge in [-0.2, -0.15) is 5.26 Å². The van der Waals surface area contributed by atoms with E-state index in [2.05, 4.69) is 25.9 Å². The number of nitrogens with zero attached hydrogens (tertiary/aromatic N) is 3. The van der Waals surface area contributed by atoms with E-state index in [0.717, 1.165) is 4.47 Å². The first-order chi connectivity index (χ1) is 8.19. The Hall–Kier alpha value is -2.13. The van der Waals surface area contributed by atoms with Crippen molar-refractivity contribution < 1.29 is 4.74 Å². The maximum Gasteiger partial charge on any atom is 0.242 e. The second-order valence-corrected chi connectivity index (χ2v) is 4.09. The molecule has 0 bridgehead atoms. The standard InChI is InChI=1S/C11H7BrN4O/c12-8-2-9(6-15-5-8)17-11-10(14)1-7(3-13)4-16-11/h1-2,4-6H,14H2. The summed E-state index contributed by atoms with van der Waals surface area (Å²) in [5.74, 6) is 0.771. The highest BCUT2D eigenvalue weighted by Crippen LogP contribution is 2.26. The molecule has 0 spiro atoms. The zero-order valence-electron chi connectivity index (χ0n) is 8.59. The Balaban J connectivity index is 2.28. The minimum atomic E-state index is 0.254. The van der Waals surface area contributed by atoms with Crippen LogP contribution in [0, 0.1) is 11.3 Å². The lowest BCUT2D eigenvalue weighted by molar-refractivity contribution is 0.463. The molecule has 0 unspecified atom stereocenters. The SMILES string of the molecule is N#Cc1cnc(Oc2cncc(Br)c2)c(N)c1. The highest BCUT2D eigenvalue weighted by molar-refractivity contribution is 9.10. The van der Waals surface area contributed by atoms with Gasteiger partial charge in [0.05, 0.1) is 17.4 Å². The Bertz CT molecular complexity index is 594. The van der Waals surface area contributed by atoms with E-state index in [1.165, 1.54) is 12.3 Å². The molecule has 0 amide bonds. The van der Waals surface area contributed by atoms with Gasteiger partial charge in [0.25, 0.3) is 0 Å². The van der Waals surface area contributed by atoms with E-state index in [1.807, 2.05) is 6.07 Å². The fourth-order valence-electron chi connectivity index (χ4n) is 1.18. The molecule has 0 radical (unpaired) electrons. The summed E-state index contributed by atoms with van der Waals surface area (Å²) >= 11 is 3.28. The summed E-state index contributed by atoms with van der Waals surface area (Å²) in [5, 5.41) is 8.68. The van der Waals surface area contributed by atoms with Crippen LogP contribution in [0.4, 0.5) is 5.69 Å². The minimum absolute atomic E-state index is 0.254. The molecule has 0 fully saturated rings. The van der Waals surface area contributed by atoms with Crippen LogP contribution in [0.2, 0.25) is 0 Å². The molecule has 2 heterocycles. The molecule has 2 rings (SSSR count). The predicted octanol–water partition coefficient (Wildman–Crippen LogP) is 2.49. The van der Waals surface area contributed by atoms with Crippen molar-refractivity contribution in [3.05, 3.63) is 40.8 Å². The zero-order chi connectivity index (χ0) is 12.3. The van der Waals surface area contributed by atoms with Crippen molar-refractivity contribution in [3.8, 4) is 17.7 Å². The average Bonchev–Trinajstić information content (AvgIpc) is 2.32. The number of hydrogen-bond donors (Lipinski definition) is 1. The van der Waals surface area contributed by atoms with Crippen LogP contribution >= 0.6 is 15.9 Å². The van der Waals surface area contributed by atoms with Gasteiger partial charge in [-0.15, -0.1) is 0 Å². The minimum Gasteiger partial charge on any atom is -0.435 e. The molecule has 5 nitrogen and oxygen atoms in total. The van der Waals surface area contributed by atoms with Crippen molar-refractivity contribution in [2.75, 3.05) is 5.73 Å². The highest BCUT2D eigenvalue weighted by Gasteiger charge is 2.05. The molecular formula is C11H7BrN4O. The first kappa shape index (κ1) is 11.4. The maximum atomic E-state index is 8.68. The number of rotatable bonds is 2. The quantitative estimate of drug-likeness (QED) is 0.918. The lowest BCUT2D eigenvalue weighted by Gasteiger charge is -2.06. The van der Waals surface area contributed by atoms with Crippen LogP contribution < -0.4 is 10.5 Å². The molecule has 0 saturated carbocycles. The van der Waals surface area contributed by atoms with Gasteiger partial charge < -0.3 is 10.5 Å². The Morgan fingerprint density at radius 3 is 2.76 bits per heavy atom. The molecule has 0 aromatic carbocycles. The summed E-state index contributed by atoms with van der Waals surface area (Å²) in [6.07, 6.45) is 4.59. The molecule has 0 aliphatic heterocycles. The normalized spacial score (nSPS) is 9.65. The Morgan fingerprint density at radius 1 is 1.29 bits per heavy atom. The number of ether oxygens (including phenoxy) is 1. The number of pyridine rings is 2. The Kier molecular flexibility index (Phi) is 3.21. The molecule has 84 valence electrons. The van der Waals surface area contributed by atoms with E-state index < -0.39 is 0 Å². The van der Waals surface area contributed by atoms with E-state index in [4.69, 9.17) is 15.7 Å². The van der Waals surface area contributed by atoms with Crippen LogP contribution in [0.15, 0.2) is 35.2 Å². The largest absolute Gasteiger partial charge is 0.435 e. The van der Waals surface area contributed by atoms with E-state index in [1.54, 1.807) is 18.5 Å². The third kappa shape index (κ3) is 2.71. The maximum absolute atomic E-state index is 8.68. The van der Waals surface area contributed by atoms with Crippen molar-refractivity contribution in [3.63, 3.8) is 0 Å². The van der Waals surface area contributed by atoms with Crippen LogP contribution in [-0.4, -0.2) is 9.97 Å². The lowest BCUT2D eigenvalue weighted by atomic mass is 10.3. The second kappa shape index (κ2) is 4.80. The number of nitrogens with two attached hydrogens (primary N) is 1. The molecule has 2 aromatic rings. The van der Waals surface area contributed by atoms with Gasteiger partial charge in [0, 0.05) is 16.9 Å². The van der Waals surface area contributed by atoms with Gasteiger partial charge in [-0.3, -0.25) is 4.98 Å². The van der Waals surface area contributed by atoms with Crippen LogP contribution in [0.3, 0.4) is 0 Å². The summed E-state index contributed by atoms with van der Waals surface area (Å²) < 4.78 is 6.25. The molecule has 0 aliphatic rings. The van der Waals surface area contributed by atoms with Crippen molar-refractivity contribution in [1.82, 2.24) is 9.97 Å². The molecule has 0 saturated heterocycles. The summed E-state index contributed by atoms with van der Waals surface area (Å²) in [7, 11) is 0. The highest BCUT2D eigenvalue weighted by atomic mass is 79.9. The number of nitrogen functional groups attached to an aromatic ring is 1. The van der Waals surface area contributed by atoms with E-state index >= 15 is 0 Å². The number of nitriles is 1. The average molecular weight is 291 g/mol. The molecule has 0 aliphatic carbocycles. The van der Waals surface area contributed by atoms with Gasteiger partial charge in [0.2, 0.25) is 5.88 Å². The Morgan fingerprint density at radius 2 is 2.12 bits per heavy atom. The molecule has 2 N–H and O–H groups in total. The first-order valence-corrected chi connectivity index (χ1v) is 5.42. The summed E-state index contributed by atoms with van der Waals surface area (Å²) in [6, 6.07) is 5.20. The van der Waals surface area contributed by atoms with Crippen molar-refractivity contribution >= 4 is 21.6 Å². The second-order valence-electron chi connectivity index (χ2n) is 3.17. The van der Waals surface area contributed by atoms with Gasteiger partial charge in [-0.25, -0.2) is 4.98 Å². The summed E-state index contributed by atoms with van der Waals surface area (Å²) in [6.45, 7) is 0. The summed E-state index contributed by atoms with van der Waals surface area (Å²) in [5.41, 5.74) is 6.41. The summed E-state index contributed by atoms with van der Waals surface area (Å²) in [4.78, 5) is 7.91. The molecule has 0 atom stereocenters. The van der Waals surface area contributed by atoms with Crippen LogP contribution in [-0.2, 0) is 0 Å². The number of hydrogen-bond acceptors (Lipinski definition) is 5. The van der Waals surface area contributed by atoms with Gasteiger partial charge >= 0.3 is 0 Å². The Labute approximate surface area is 106 Å². The number of anilines is 1. The van der Waals surface area contributed by atoms with Crippen molar-refractivity contribution in [2.24, 2.45) is 0 Å². The molecule has 2 aromatic heterocycles. The van der Waals surface area contributed by atoms with E-state index in [9.17, 15) is 0 Å². The smallest absolute Gasteiger partial charge is 0.242 e. The molecule has 6 heteroatoms.